The fourth-order valence-corrected chi connectivity index (χ4v) is 2.21. The van der Waals surface area contributed by atoms with Gasteiger partial charge in [-0.15, -0.1) is 0 Å². The standard InChI is InChI=1S/C19H18N2O4/c1-24-17-10-5-7-15(13-17)19(23)25-14-18(22)21(12-6-11-20)16-8-3-2-4-9-16/h2-5,7-10,13H,6,12,14H2,1H3. The molecular formula is C19H18N2O4. The highest BCUT2D eigenvalue weighted by Crippen LogP contribution is 2.15. The van der Waals surface area contributed by atoms with Crippen LogP contribution in [-0.4, -0.2) is 32.1 Å². The number of amides is 1. The van der Waals surface area contributed by atoms with Gasteiger partial charge in [0.05, 0.1) is 25.2 Å². The topological polar surface area (TPSA) is 79.6 Å². The molecule has 0 radical (unpaired) electrons. The van der Waals surface area contributed by atoms with Crippen molar-refractivity contribution in [2.75, 3.05) is 25.2 Å². The Kier molecular flexibility index (Phi) is 6.55. The molecule has 128 valence electrons. The van der Waals surface area contributed by atoms with Gasteiger partial charge in [-0.2, -0.15) is 5.26 Å². The van der Waals surface area contributed by atoms with Gasteiger partial charge in [-0.05, 0) is 30.3 Å². The Bertz CT molecular complexity index is 768. The van der Waals surface area contributed by atoms with Crippen LogP contribution in [-0.2, 0) is 9.53 Å². The Hall–Kier alpha value is -3.33. The minimum atomic E-state index is -0.611. The largest absolute Gasteiger partial charge is 0.497 e. The third-order valence-corrected chi connectivity index (χ3v) is 3.45. The second-order valence-electron chi connectivity index (χ2n) is 5.10. The predicted octanol–water partition coefficient (Wildman–Crippen LogP) is 2.80. The molecule has 0 aliphatic heterocycles. The van der Waals surface area contributed by atoms with Gasteiger partial charge in [0.2, 0.25) is 0 Å². The van der Waals surface area contributed by atoms with Gasteiger partial charge in [0, 0.05) is 12.2 Å². The van der Waals surface area contributed by atoms with Gasteiger partial charge < -0.3 is 14.4 Å². The molecule has 0 heterocycles. The molecule has 6 nitrogen and oxygen atoms in total. The molecule has 2 rings (SSSR count). The number of methoxy groups -OCH3 is 1. The van der Waals surface area contributed by atoms with Crippen LogP contribution in [0.1, 0.15) is 16.8 Å². The molecule has 0 aliphatic carbocycles. The third kappa shape index (κ3) is 5.08. The fraction of sp³-hybridized carbons (Fsp3) is 0.211. The lowest BCUT2D eigenvalue weighted by molar-refractivity contribution is -0.121. The summed E-state index contributed by atoms with van der Waals surface area (Å²) in [5.41, 5.74) is 0.954. The maximum Gasteiger partial charge on any atom is 0.338 e. The number of carbonyl (C=O) groups is 2. The number of benzene rings is 2. The highest BCUT2D eigenvalue weighted by atomic mass is 16.5. The monoisotopic (exact) mass is 338 g/mol. The van der Waals surface area contributed by atoms with Crippen molar-refractivity contribution < 1.29 is 19.1 Å². The number of ether oxygens (including phenoxy) is 2. The van der Waals surface area contributed by atoms with Crippen LogP contribution in [0.3, 0.4) is 0 Å². The van der Waals surface area contributed by atoms with Crippen molar-refractivity contribution in [2.45, 2.75) is 6.42 Å². The van der Waals surface area contributed by atoms with E-state index in [0.29, 0.717) is 17.0 Å². The second kappa shape index (κ2) is 9.08. The molecule has 2 aromatic carbocycles. The van der Waals surface area contributed by atoms with Crippen molar-refractivity contribution in [3.05, 3.63) is 60.2 Å². The Labute approximate surface area is 146 Å². The summed E-state index contributed by atoms with van der Waals surface area (Å²) in [6, 6.07) is 17.5. The molecule has 0 saturated heterocycles. The van der Waals surface area contributed by atoms with Crippen molar-refractivity contribution in [1.82, 2.24) is 0 Å². The van der Waals surface area contributed by atoms with Crippen LogP contribution < -0.4 is 9.64 Å². The molecule has 2 aromatic rings. The Balaban J connectivity index is 2.03. The smallest absolute Gasteiger partial charge is 0.338 e. The zero-order valence-corrected chi connectivity index (χ0v) is 13.8. The van der Waals surface area contributed by atoms with Crippen molar-refractivity contribution in [3.8, 4) is 11.8 Å². The first kappa shape index (κ1) is 18.0. The van der Waals surface area contributed by atoms with Crippen molar-refractivity contribution in [1.29, 1.82) is 5.26 Å². The summed E-state index contributed by atoms with van der Waals surface area (Å²) >= 11 is 0. The first-order chi connectivity index (χ1) is 12.2. The zero-order chi connectivity index (χ0) is 18.1. The molecule has 0 spiro atoms. The van der Waals surface area contributed by atoms with E-state index in [0.717, 1.165) is 0 Å². The maximum absolute atomic E-state index is 12.4. The summed E-state index contributed by atoms with van der Waals surface area (Å²) in [6.07, 6.45) is 0.185. The van der Waals surface area contributed by atoms with Gasteiger partial charge in [0.1, 0.15) is 5.75 Å². The molecule has 0 atom stereocenters. The summed E-state index contributed by atoms with van der Waals surface area (Å²) in [6.45, 7) is -0.174. The summed E-state index contributed by atoms with van der Waals surface area (Å²) < 4.78 is 10.2. The number of rotatable bonds is 7. The molecule has 0 saturated carbocycles. The molecule has 0 aliphatic rings. The molecule has 0 aromatic heterocycles. The average Bonchev–Trinajstić information content (AvgIpc) is 2.67. The van der Waals surface area contributed by atoms with E-state index in [-0.39, 0.29) is 13.0 Å². The van der Waals surface area contributed by atoms with Gasteiger partial charge in [0.25, 0.3) is 5.91 Å². The number of anilines is 1. The summed E-state index contributed by atoms with van der Waals surface area (Å²) in [4.78, 5) is 25.9. The van der Waals surface area contributed by atoms with Gasteiger partial charge in [0.15, 0.2) is 6.61 Å². The molecule has 6 heteroatoms. The molecular weight excluding hydrogens is 320 g/mol. The predicted molar refractivity (Wildman–Crippen MR) is 92.3 cm³/mol. The molecule has 1 amide bonds. The minimum absolute atomic E-state index is 0.185. The van der Waals surface area contributed by atoms with Gasteiger partial charge >= 0.3 is 5.97 Å². The Morgan fingerprint density at radius 1 is 1.12 bits per heavy atom. The summed E-state index contributed by atoms with van der Waals surface area (Å²) in [5.74, 6) is -0.473. The number of hydrogen-bond acceptors (Lipinski definition) is 5. The zero-order valence-electron chi connectivity index (χ0n) is 13.8. The Morgan fingerprint density at radius 2 is 1.88 bits per heavy atom. The number of carbonyl (C=O) groups excluding carboxylic acids is 2. The number of hydrogen-bond donors (Lipinski definition) is 0. The van der Waals surface area contributed by atoms with Crippen molar-refractivity contribution in [3.63, 3.8) is 0 Å². The van der Waals surface area contributed by atoms with Crippen LogP contribution in [0.25, 0.3) is 0 Å². The molecule has 0 N–H and O–H groups in total. The second-order valence-corrected chi connectivity index (χ2v) is 5.10. The lowest BCUT2D eigenvalue weighted by Gasteiger charge is -2.21. The first-order valence-electron chi connectivity index (χ1n) is 7.69. The van der Waals surface area contributed by atoms with Crippen molar-refractivity contribution in [2.24, 2.45) is 0 Å². The normalized spacial score (nSPS) is 9.76. The van der Waals surface area contributed by atoms with Crippen LogP contribution in [0.4, 0.5) is 5.69 Å². The maximum atomic E-state index is 12.4. The quantitative estimate of drug-likeness (QED) is 0.725. The van der Waals surface area contributed by atoms with Crippen LogP contribution in [0, 0.1) is 11.3 Å². The SMILES string of the molecule is COc1cccc(C(=O)OCC(=O)N(CCC#N)c2ccccc2)c1. The van der Waals surface area contributed by atoms with E-state index in [4.69, 9.17) is 14.7 Å². The van der Waals surface area contributed by atoms with E-state index in [1.165, 1.54) is 18.1 Å². The fourth-order valence-electron chi connectivity index (χ4n) is 2.21. The van der Waals surface area contributed by atoms with E-state index >= 15 is 0 Å². The number of esters is 1. The lowest BCUT2D eigenvalue weighted by Crippen LogP contribution is -2.35. The highest BCUT2D eigenvalue weighted by Gasteiger charge is 2.18. The molecule has 0 bridgehead atoms. The average molecular weight is 338 g/mol. The number of nitriles is 1. The lowest BCUT2D eigenvalue weighted by atomic mass is 10.2. The minimum Gasteiger partial charge on any atom is -0.497 e. The van der Waals surface area contributed by atoms with Crippen LogP contribution in [0.15, 0.2) is 54.6 Å². The van der Waals surface area contributed by atoms with Crippen LogP contribution in [0.2, 0.25) is 0 Å². The number of para-hydroxylation sites is 1. The molecule has 0 fully saturated rings. The van der Waals surface area contributed by atoms with E-state index in [1.807, 2.05) is 12.1 Å². The van der Waals surface area contributed by atoms with E-state index in [2.05, 4.69) is 0 Å². The van der Waals surface area contributed by atoms with E-state index < -0.39 is 18.5 Å². The Morgan fingerprint density at radius 3 is 2.56 bits per heavy atom. The van der Waals surface area contributed by atoms with Crippen LogP contribution in [0.5, 0.6) is 5.75 Å². The van der Waals surface area contributed by atoms with E-state index in [1.54, 1.807) is 42.5 Å². The van der Waals surface area contributed by atoms with Gasteiger partial charge in [-0.3, -0.25) is 4.79 Å². The highest BCUT2D eigenvalue weighted by molar-refractivity contribution is 5.97. The van der Waals surface area contributed by atoms with Crippen molar-refractivity contribution >= 4 is 17.6 Å². The molecule has 0 unspecified atom stereocenters. The van der Waals surface area contributed by atoms with Crippen LogP contribution >= 0.6 is 0 Å². The van der Waals surface area contributed by atoms with Gasteiger partial charge in [-0.25, -0.2) is 4.79 Å². The summed E-state index contributed by atoms with van der Waals surface area (Å²) in [5, 5.41) is 8.77. The number of nitrogens with zero attached hydrogens (tertiary/aromatic N) is 2. The summed E-state index contributed by atoms with van der Waals surface area (Å²) in [7, 11) is 1.50. The third-order valence-electron chi connectivity index (χ3n) is 3.45. The van der Waals surface area contributed by atoms with E-state index in [9.17, 15) is 9.59 Å². The van der Waals surface area contributed by atoms with Gasteiger partial charge in [-0.1, -0.05) is 24.3 Å². The first-order valence-corrected chi connectivity index (χ1v) is 7.69. The molecule has 25 heavy (non-hydrogen) atoms.